The normalized spacial score (nSPS) is 21.4. The summed E-state index contributed by atoms with van der Waals surface area (Å²) in [6.07, 6.45) is 5.84. The van der Waals surface area contributed by atoms with E-state index in [-0.39, 0.29) is 17.9 Å². The predicted molar refractivity (Wildman–Crippen MR) is 77.6 cm³/mol. The van der Waals surface area contributed by atoms with E-state index in [0.717, 1.165) is 23.4 Å². The van der Waals surface area contributed by atoms with Gasteiger partial charge in [-0.25, -0.2) is 0 Å². The lowest BCUT2D eigenvalue weighted by atomic mass is 9.96. The Morgan fingerprint density at radius 1 is 1.52 bits per heavy atom. The number of aryl methyl sites for hydroxylation is 2. The standard InChI is InChI=1S/C15H18N4O2/c1-10-7-12(3-5-16-10)18-15(20)13-4-6-21-14(13)11-8-17-19(2)9-11/h3,5,7-9,13-14H,4,6H2,1-2H3,(H,16,18,20)/t13-,14+/m0/s1. The molecule has 1 aliphatic heterocycles. The van der Waals surface area contributed by atoms with Crippen LogP contribution in [0.5, 0.6) is 0 Å². The fourth-order valence-corrected chi connectivity index (χ4v) is 2.63. The van der Waals surface area contributed by atoms with Gasteiger partial charge in [0.1, 0.15) is 0 Å². The highest BCUT2D eigenvalue weighted by Crippen LogP contribution is 2.35. The van der Waals surface area contributed by atoms with Gasteiger partial charge in [0.25, 0.3) is 0 Å². The molecule has 1 saturated heterocycles. The highest BCUT2D eigenvalue weighted by Gasteiger charge is 2.35. The number of nitrogens with zero attached hydrogens (tertiary/aromatic N) is 3. The first-order chi connectivity index (χ1) is 10.1. The molecule has 0 spiro atoms. The fourth-order valence-electron chi connectivity index (χ4n) is 2.63. The van der Waals surface area contributed by atoms with Gasteiger partial charge in [0.2, 0.25) is 5.91 Å². The van der Waals surface area contributed by atoms with E-state index >= 15 is 0 Å². The van der Waals surface area contributed by atoms with Crippen molar-refractivity contribution in [2.24, 2.45) is 13.0 Å². The monoisotopic (exact) mass is 286 g/mol. The minimum absolute atomic E-state index is 0.0213. The number of anilines is 1. The van der Waals surface area contributed by atoms with E-state index in [1.165, 1.54) is 0 Å². The number of carbonyl (C=O) groups is 1. The first-order valence-corrected chi connectivity index (χ1v) is 6.97. The third kappa shape index (κ3) is 2.95. The zero-order valence-corrected chi connectivity index (χ0v) is 12.1. The SMILES string of the molecule is Cc1cc(NC(=O)[C@H]2CCO[C@@H]2c2cnn(C)c2)ccn1. The third-order valence-corrected chi connectivity index (χ3v) is 3.65. The summed E-state index contributed by atoms with van der Waals surface area (Å²) in [6, 6.07) is 3.65. The van der Waals surface area contributed by atoms with Gasteiger partial charge < -0.3 is 10.1 Å². The zero-order valence-electron chi connectivity index (χ0n) is 12.1. The number of nitrogens with one attached hydrogen (secondary N) is 1. The van der Waals surface area contributed by atoms with Gasteiger partial charge in [0.15, 0.2) is 0 Å². The first kappa shape index (κ1) is 13.8. The molecule has 2 atom stereocenters. The minimum Gasteiger partial charge on any atom is -0.373 e. The molecule has 2 aromatic rings. The molecule has 3 rings (SSSR count). The van der Waals surface area contributed by atoms with Gasteiger partial charge in [-0.3, -0.25) is 14.5 Å². The number of hydrogen-bond acceptors (Lipinski definition) is 4. The maximum atomic E-state index is 12.5. The molecule has 3 heterocycles. The molecule has 0 saturated carbocycles. The van der Waals surface area contributed by atoms with Crippen LogP contribution < -0.4 is 5.32 Å². The quantitative estimate of drug-likeness (QED) is 0.934. The number of ether oxygens (including phenoxy) is 1. The summed E-state index contributed by atoms with van der Waals surface area (Å²) >= 11 is 0. The highest BCUT2D eigenvalue weighted by molar-refractivity contribution is 5.93. The molecule has 0 bridgehead atoms. The van der Waals surface area contributed by atoms with Crippen LogP contribution in [-0.4, -0.2) is 27.3 Å². The molecule has 1 fully saturated rings. The first-order valence-electron chi connectivity index (χ1n) is 6.97. The van der Waals surface area contributed by atoms with Crippen molar-refractivity contribution in [2.45, 2.75) is 19.4 Å². The molecule has 2 aromatic heterocycles. The summed E-state index contributed by atoms with van der Waals surface area (Å²) in [5.41, 5.74) is 2.59. The lowest BCUT2D eigenvalue weighted by Crippen LogP contribution is -2.25. The summed E-state index contributed by atoms with van der Waals surface area (Å²) in [4.78, 5) is 16.6. The lowest BCUT2D eigenvalue weighted by molar-refractivity contribution is -0.121. The number of pyridine rings is 1. The average molecular weight is 286 g/mol. The van der Waals surface area contributed by atoms with E-state index in [2.05, 4.69) is 15.4 Å². The van der Waals surface area contributed by atoms with Crippen molar-refractivity contribution in [3.63, 3.8) is 0 Å². The van der Waals surface area contributed by atoms with E-state index in [9.17, 15) is 4.79 Å². The van der Waals surface area contributed by atoms with Crippen LogP contribution in [0.1, 0.15) is 23.8 Å². The van der Waals surface area contributed by atoms with E-state index in [1.807, 2.05) is 26.2 Å². The van der Waals surface area contributed by atoms with Crippen LogP contribution in [-0.2, 0) is 16.6 Å². The molecule has 0 radical (unpaired) electrons. The van der Waals surface area contributed by atoms with Gasteiger partial charge in [-0.05, 0) is 25.5 Å². The number of aromatic nitrogens is 3. The average Bonchev–Trinajstić information content (AvgIpc) is 3.06. The largest absolute Gasteiger partial charge is 0.373 e. The van der Waals surface area contributed by atoms with Crippen molar-refractivity contribution in [3.8, 4) is 0 Å². The highest BCUT2D eigenvalue weighted by atomic mass is 16.5. The summed E-state index contributed by atoms with van der Waals surface area (Å²) in [5, 5.41) is 7.09. The molecule has 21 heavy (non-hydrogen) atoms. The molecule has 0 aliphatic carbocycles. The number of amides is 1. The molecule has 6 nitrogen and oxygen atoms in total. The van der Waals surface area contributed by atoms with E-state index in [1.54, 1.807) is 23.1 Å². The van der Waals surface area contributed by atoms with Crippen molar-refractivity contribution >= 4 is 11.6 Å². The van der Waals surface area contributed by atoms with E-state index in [4.69, 9.17) is 4.74 Å². The van der Waals surface area contributed by atoms with Crippen molar-refractivity contribution < 1.29 is 9.53 Å². The second-order valence-corrected chi connectivity index (χ2v) is 5.31. The minimum atomic E-state index is -0.221. The van der Waals surface area contributed by atoms with Gasteiger partial charge in [-0.1, -0.05) is 0 Å². The molecule has 110 valence electrons. The molecule has 1 amide bonds. The number of hydrogen-bond donors (Lipinski definition) is 1. The van der Waals surface area contributed by atoms with E-state index < -0.39 is 0 Å². The lowest BCUT2D eigenvalue weighted by Gasteiger charge is -2.17. The van der Waals surface area contributed by atoms with Crippen molar-refractivity contribution in [3.05, 3.63) is 42.0 Å². The van der Waals surface area contributed by atoms with Gasteiger partial charge in [-0.15, -0.1) is 0 Å². The summed E-state index contributed by atoms with van der Waals surface area (Å²) in [6.45, 7) is 2.49. The van der Waals surface area contributed by atoms with Crippen LogP contribution in [0.3, 0.4) is 0 Å². The second kappa shape index (κ2) is 5.65. The fraction of sp³-hybridized carbons (Fsp3) is 0.400. The van der Waals surface area contributed by atoms with E-state index in [0.29, 0.717) is 6.61 Å². The summed E-state index contributed by atoms with van der Waals surface area (Å²) in [5.74, 6) is -0.213. The Balaban J connectivity index is 1.74. The van der Waals surface area contributed by atoms with Gasteiger partial charge in [0.05, 0.1) is 18.2 Å². The Labute approximate surface area is 123 Å². The van der Waals surface area contributed by atoms with Crippen LogP contribution in [0.2, 0.25) is 0 Å². The predicted octanol–water partition coefficient (Wildman–Crippen LogP) is 1.84. The van der Waals surface area contributed by atoms with Gasteiger partial charge >= 0.3 is 0 Å². The Bertz CT molecular complexity index is 653. The zero-order chi connectivity index (χ0) is 14.8. The number of rotatable bonds is 3. The Hall–Kier alpha value is -2.21. The van der Waals surface area contributed by atoms with Gasteiger partial charge in [0, 0.05) is 43.0 Å². The van der Waals surface area contributed by atoms with Crippen LogP contribution in [0.4, 0.5) is 5.69 Å². The maximum absolute atomic E-state index is 12.5. The molecule has 1 aliphatic rings. The third-order valence-electron chi connectivity index (χ3n) is 3.65. The molecular weight excluding hydrogens is 268 g/mol. The van der Waals surface area contributed by atoms with Crippen molar-refractivity contribution in [1.82, 2.24) is 14.8 Å². The summed E-state index contributed by atoms with van der Waals surface area (Å²) in [7, 11) is 1.85. The topological polar surface area (TPSA) is 69.0 Å². The molecule has 6 heteroatoms. The molecule has 0 unspecified atom stereocenters. The van der Waals surface area contributed by atoms with Crippen molar-refractivity contribution in [1.29, 1.82) is 0 Å². The van der Waals surface area contributed by atoms with Crippen LogP contribution in [0, 0.1) is 12.8 Å². The number of carbonyl (C=O) groups excluding carboxylic acids is 1. The Kier molecular flexibility index (Phi) is 3.70. The maximum Gasteiger partial charge on any atom is 0.230 e. The smallest absolute Gasteiger partial charge is 0.230 e. The van der Waals surface area contributed by atoms with Crippen LogP contribution >= 0.6 is 0 Å². The molecule has 0 aromatic carbocycles. The van der Waals surface area contributed by atoms with Gasteiger partial charge in [-0.2, -0.15) is 5.10 Å². The van der Waals surface area contributed by atoms with Crippen molar-refractivity contribution in [2.75, 3.05) is 11.9 Å². The Morgan fingerprint density at radius 3 is 3.10 bits per heavy atom. The molecule has 1 N–H and O–H groups in total. The molecular formula is C15H18N4O2. The van der Waals surface area contributed by atoms with Crippen LogP contribution in [0.25, 0.3) is 0 Å². The Morgan fingerprint density at radius 2 is 2.38 bits per heavy atom. The van der Waals surface area contributed by atoms with Crippen LogP contribution in [0.15, 0.2) is 30.7 Å². The second-order valence-electron chi connectivity index (χ2n) is 5.31. The summed E-state index contributed by atoms with van der Waals surface area (Å²) < 4.78 is 7.44.